The number of benzene rings is 3. The van der Waals surface area contributed by atoms with Crippen molar-refractivity contribution >= 4 is 29.1 Å². The number of carbonyl (C=O) groups excluding carboxylic acids is 1. The zero-order valence-electron chi connectivity index (χ0n) is 23.2. The van der Waals surface area contributed by atoms with Crippen LogP contribution in [0.2, 0.25) is 0 Å². The van der Waals surface area contributed by atoms with Crippen LogP contribution >= 0.6 is 11.3 Å². The predicted octanol–water partition coefficient (Wildman–Crippen LogP) is 4.35. The van der Waals surface area contributed by atoms with E-state index < -0.39 is 12.0 Å². The zero-order chi connectivity index (χ0) is 28.9. The lowest BCUT2D eigenvalue weighted by Gasteiger charge is -2.26. The molecule has 0 amide bonds. The molecule has 1 aliphatic rings. The van der Waals surface area contributed by atoms with Crippen LogP contribution in [0.5, 0.6) is 17.2 Å². The maximum absolute atomic E-state index is 14.1. The van der Waals surface area contributed by atoms with Crippen LogP contribution in [0.1, 0.15) is 36.6 Å². The maximum atomic E-state index is 14.1. The van der Waals surface area contributed by atoms with Crippen molar-refractivity contribution in [2.45, 2.75) is 19.9 Å². The number of methoxy groups -OCH3 is 2. The predicted molar refractivity (Wildman–Crippen MR) is 158 cm³/mol. The van der Waals surface area contributed by atoms with Gasteiger partial charge in [-0.2, -0.15) is 0 Å². The Morgan fingerprint density at radius 1 is 0.951 bits per heavy atom. The minimum absolute atomic E-state index is 0.180. The number of aromatic nitrogens is 1. The molecule has 0 N–H and O–H groups in total. The van der Waals surface area contributed by atoms with Gasteiger partial charge in [0.2, 0.25) is 0 Å². The summed E-state index contributed by atoms with van der Waals surface area (Å²) in [5.41, 5.74) is 2.69. The third-order valence-electron chi connectivity index (χ3n) is 6.57. The fourth-order valence-corrected chi connectivity index (χ4v) is 5.77. The molecule has 41 heavy (non-hydrogen) atoms. The molecule has 0 radical (unpaired) electrons. The van der Waals surface area contributed by atoms with Gasteiger partial charge >= 0.3 is 5.97 Å². The number of thiazole rings is 1. The van der Waals surface area contributed by atoms with Crippen LogP contribution in [-0.2, 0) is 9.53 Å². The fourth-order valence-electron chi connectivity index (χ4n) is 4.77. The number of nitrogens with zero attached hydrogens (tertiary/aromatic N) is 2. The van der Waals surface area contributed by atoms with Crippen LogP contribution in [0, 0.1) is 0 Å². The van der Waals surface area contributed by atoms with Crippen LogP contribution in [0.4, 0.5) is 0 Å². The fraction of sp³-hybridized carbons (Fsp3) is 0.219. The Balaban J connectivity index is 1.79. The van der Waals surface area contributed by atoms with Crippen LogP contribution in [0.25, 0.3) is 11.8 Å². The summed E-state index contributed by atoms with van der Waals surface area (Å²) in [5.74, 6) is 1.26. The van der Waals surface area contributed by atoms with Gasteiger partial charge in [-0.1, -0.05) is 59.9 Å². The van der Waals surface area contributed by atoms with E-state index in [9.17, 15) is 9.59 Å². The lowest BCUT2D eigenvalue weighted by Crippen LogP contribution is -2.40. The average Bonchev–Trinajstić information content (AvgIpc) is 3.31. The van der Waals surface area contributed by atoms with E-state index in [1.165, 1.54) is 11.3 Å². The molecular weight excluding hydrogens is 540 g/mol. The first-order chi connectivity index (χ1) is 20.0. The highest BCUT2D eigenvalue weighted by molar-refractivity contribution is 7.07. The zero-order valence-corrected chi connectivity index (χ0v) is 24.1. The highest BCUT2D eigenvalue weighted by atomic mass is 32.1. The maximum Gasteiger partial charge on any atom is 0.338 e. The van der Waals surface area contributed by atoms with Crippen molar-refractivity contribution in [3.8, 4) is 17.2 Å². The average molecular weight is 571 g/mol. The number of carbonyl (C=O) groups is 1. The highest BCUT2D eigenvalue weighted by Gasteiger charge is 2.35. The monoisotopic (exact) mass is 570 g/mol. The largest absolute Gasteiger partial charge is 0.497 e. The van der Waals surface area contributed by atoms with Gasteiger partial charge in [0, 0.05) is 5.56 Å². The number of hydrogen-bond acceptors (Lipinski definition) is 8. The van der Waals surface area contributed by atoms with E-state index in [1.807, 2.05) is 73.7 Å². The Hall–Kier alpha value is -4.63. The molecule has 210 valence electrons. The summed E-state index contributed by atoms with van der Waals surface area (Å²) in [6, 6.07) is 21.5. The Labute approximate surface area is 241 Å². The summed E-state index contributed by atoms with van der Waals surface area (Å²) >= 11 is 1.26. The Morgan fingerprint density at radius 3 is 2.46 bits per heavy atom. The first kappa shape index (κ1) is 27.9. The van der Waals surface area contributed by atoms with Gasteiger partial charge < -0.3 is 18.9 Å². The van der Waals surface area contributed by atoms with Gasteiger partial charge in [-0.3, -0.25) is 9.36 Å². The smallest absolute Gasteiger partial charge is 0.338 e. The second kappa shape index (κ2) is 12.3. The molecule has 9 heteroatoms. The van der Waals surface area contributed by atoms with Crippen molar-refractivity contribution in [1.29, 1.82) is 0 Å². The van der Waals surface area contributed by atoms with Gasteiger partial charge in [0.15, 0.2) is 16.3 Å². The van der Waals surface area contributed by atoms with Crippen molar-refractivity contribution in [2.75, 3.05) is 27.4 Å². The number of ether oxygens (including phenoxy) is 4. The molecule has 4 aromatic rings. The van der Waals surface area contributed by atoms with E-state index in [1.54, 1.807) is 37.9 Å². The van der Waals surface area contributed by atoms with Crippen molar-refractivity contribution in [2.24, 2.45) is 4.99 Å². The third kappa shape index (κ3) is 5.53. The molecule has 0 spiro atoms. The van der Waals surface area contributed by atoms with E-state index in [4.69, 9.17) is 23.9 Å². The van der Waals surface area contributed by atoms with Gasteiger partial charge in [-0.15, -0.1) is 0 Å². The number of esters is 1. The molecule has 1 atom stereocenters. The Morgan fingerprint density at radius 2 is 1.76 bits per heavy atom. The summed E-state index contributed by atoms with van der Waals surface area (Å²) in [7, 11) is 3.16. The van der Waals surface area contributed by atoms with E-state index in [2.05, 4.69) is 0 Å². The van der Waals surface area contributed by atoms with E-state index in [0.717, 1.165) is 11.1 Å². The molecule has 0 fully saturated rings. The topological polar surface area (TPSA) is 88.4 Å². The van der Waals surface area contributed by atoms with Crippen LogP contribution in [0.15, 0.2) is 88.2 Å². The number of rotatable bonds is 9. The van der Waals surface area contributed by atoms with Crippen molar-refractivity contribution in [1.82, 2.24) is 4.57 Å². The molecule has 2 heterocycles. The van der Waals surface area contributed by atoms with Crippen LogP contribution < -0.4 is 29.1 Å². The molecule has 3 aromatic carbocycles. The van der Waals surface area contributed by atoms with E-state index >= 15 is 0 Å². The first-order valence-corrected chi connectivity index (χ1v) is 14.0. The molecule has 0 saturated heterocycles. The van der Waals surface area contributed by atoms with Crippen LogP contribution in [-0.4, -0.2) is 38.0 Å². The number of hydrogen-bond donors (Lipinski definition) is 0. The summed E-state index contributed by atoms with van der Waals surface area (Å²) in [5, 5.41) is 0. The Bertz CT molecular complexity index is 1790. The van der Waals surface area contributed by atoms with Gasteiger partial charge in [0.1, 0.15) is 5.75 Å². The SMILES string of the molecule is CCOC(=O)C1=C(c2ccccc2)N=c2s/c(=C\c3ccc(OC)c(OCC)c3)c(=O)n2[C@@H]1c1cccc(OC)c1. The standard InChI is InChI=1S/C32H30N2O6S/c1-5-39-25-17-20(15-16-24(25)38-4)18-26-30(35)34-29(22-13-10-14-23(19-22)37-3)27(31(36)40-6-2)28(33-32(34)41-26)21-11-8-7-9-12-21/h7-19,29H,5-6H2,1-4H3/b26-18-/t29-/m1/s1. The van der Waals surface area contributed by atoms with Crippen molar-refractivity contribution in [3.05, 3.63) is 115 Å². The quantitative estimate of drug-likeness (QED) is 0.278. The summed E-state index contributed by atoms with van der Waals surface area (Å²) < 4.78 is 24.2. The van der Waals surface area contributed by atoms with Gasteiger partial charge in [-0.05, 0) is 55.3 Å². The Kier molecular flexibility index (Phi) is 8.35. The molecule has 0 saturated carbocycles. The van der Waals surface area contributed by atoms with Gasteiger partial charge in [0.25, 0.3) is 5.56 Å². The van der Waals surface area contributed by atoms with Crippen molar-refractivity contribution in [3.63, 3.8) is 0 Å². The summed E-state index contributed by atoms with van der Waals surface area (Å²) in [6.45, 7) is 4.30. The molecule has 1 aliphatic heterocycles. The van der Waals surface area contributed by atoms with Gasteiger partial charge in [-0.25, -0.2) is 9.79 Å². The minimum atomic E-state index is -0.785. The highest BCUT2D eigenvalue weighted by Crippen LogP contribution is 2.36. The lowest BCUT2D eigenvalue weighted by atomic mass is 9.93. The van der Waals surface area contributed by atoms with E-state index in [-0.39, 0.29) is 17.7 Å². The molecular formula is C32H30N2O6S. The second-order valence-electron chi connectivity index (χ2n) is 9.05. The molecule has 1 aromatic heterocycles. The minimum Gasteiger partial charge on any atom is -0.497 e. The third-order valence-corrected chi connectivity index (χ3v) is 7.55. The van der Waals surface area contributed by atoms with Gasteiger partial charge in [0.05, 0.1) is 49.3 Å². The molecule has 0 unspecified atom stereocenters. The normalized spacial score (nSPS) is 14.7. The second-order valence-corrected chi connectivity index (χ2v) is 10.1. The van der Waals surface area contributed by atoms with Crippen LogP contribution in [0.3, 0.4) is 0 Å². The van der Waals surface area contributed by atoms with E-state index in [0.29, 0.717) is 44.4 Å². The number of fused-ring (bicyclic) bond motifs is 1. The summed E-state index contributed by atoms with van der Waals surface area (Å²) in [6.07, 6.45) is 1.80. The molecule has 0 aliphatic carbocycles. The lowest BCUT2D eigenvalue weighted by molar-refractivity contribution is -0.138. The summed E-state index contributed by atoms with van der Waals surface area (Å²) in [4.78, 5) is 33.0. The molecule has 8 nitrogen and oxygen atoms in total. The van der Waals surface area contributed by atoms with Crippen molar-refractivity contribution < 1.29 is 23.7 Å². The molecule has 0 bridgehead atoms. The molecule has 5 rings (SSSR count). The first-order valence-electron chi connectivity index (χ1n) is 13.2.